The first-order valence-corrected chi connectivity index (χ1v) is 30.6. The number of nitrogens with one attached hydrogen (secondary N) is 7. The number of carbonyl (C=O) groups excluding carboxylic acids is 7. The molecule has 2 bridgehead atoms. The Morgan fingerprint density at radius 1 is 0.849 bits per heavy atom. The van der Waals surface area contributed by atoms with Gasteiger partial charge in [-0.1, -0.05) is 76.1 Å². The maximum Gasteiger partial charge on any atom is 0.411 e. The predicted octanol–water partition coefficient (Wildman–Crippen LogP) is 4.42. The molecule has 2 aromatic carbocycles. The highest BCUT2D eigenvalue weighted by Gasteiger charge is 2.52. The van der Waals surface area contributed by atoms with E-state index in [0.717, 1.165) is 56.3 Å². The van der Waals surface area contributed by atoms with Crippen molar-refractivity contribution < 1.29 is 47.8 Å². The second-order valence-electron chi connectivity index (χ2n) is 23.1. The molecule has 1 aliphatic carbocycles. The van der Waals surface area contributed by atoms with Crippen molar-refractivity contribution in [1.29, 1.82) is 0 Å². The molecule has 0 radical (unpaired) electrons. The Morgan fingerprint density at radius 2 is 1.63 bits per heavy atom. The van der Waals surface area contributed by atoms with Crippen LogP contribution in [-0.4, -0.2) is 172 Å². The minimum atomic E-state index is -0.917. The summed E-state index contributed by atoms with van der Waals surface area (Å²) in [5, 5.41) is 16.9. The number of imidazole rings is 1. The monoisotopic (exact) mass is 1190 g/mol. The Morgan fingerprint density at radius 3 is 2.34 bits per heavy atom. The number of aromatic amines is 2. The summed E-state index contributed by atoms with van der Waals surface area (Å²) in [6.45, 7) is 7.98. The van der Waals surface area contributed by atoms with Gasteiger partial charge >= 0.3 is 6.09 Å². The molecule has 7 amide bonds. The third kappa shape index (κ3) is 18.1. The fourth-order valence-corrected chi connectivity index (χ4v) is 12.5. The molecule has 24 heteroatoms. The maximum absolute atomic E-state index is 14.1. The zero-order valence-electron chi connectivity index (χ0n) is 50.9. The number of likely N-dealkylation sites (N-methyl/N-ethyl adjacent to an activating group) is 1. The lowest BCUT2D eigenvalue weighted by atomic mass is 9.90. The molecule has 4 heterocycles. The SMILES string of the molecule is CCC(C)C(C(CCN1CCCC1C(OC)C(C)C(=O)NCc1ncc(-c2ccccc2)[nH]1)OC)N(C)C(=O)CNC(=O)C1C2CCC(C2)N1C(=O)OCc1ccc(NC(=O)C(CCCN)NC(=O)CNC(=O)CCCCCn2[nH]ccc2=O)cc1. The zero-order valence-corrected chi connectivity index (χ0v) is 50.9. The molecule has 24 nitrogen and oxygen atoms in total. The second kappa shape index (κ2) is 32.9. The number of piperidine rings is 1. The number of carbonyl (C=O) groups is 7. The maximum atomic E-state index is 14.1. The van der Waals surface area contributed by atoms with Gasteiger partial charge in [0.15, 0.2) is 0 Å². The molecule has 9 N–H and O–H groups in total. The largest absolute Gasteiger partial charge is 0.445 e. The first kappa shape index (κ1) is 66.1. The summed E-state index contributed by atoms with van der Waals surface area (Å²) in [4.78, 5) is 119. The average Bonchev–Trinajstić information content (AvgIpc) is 1.93. The van der Waals surface area contributed by atoms with Crippen molar-refractivity contribution in [3.8, 4) is 11.3 Å². The summed E-state index contributed by atoms with van der Waals surface area (Å²) < 4.78 is 19.5. The number of ether oxygens (including phenoxy) is 3. The number of amides is 7. The molecule has 86 heavy (non-hydrogen) atoms. The van der Waals surface area contributed by atoms with Crippen molar-refractivity contribution in [3.05, 3.63) is 94.8 Å². The van der Waals surface area contributed by atoms with E-state index < -0.39 is 41.8 Å². The number of benzene rings is 2. The van der Waals surface area contributed by atoms with Crippen LogP contribution in [0.25, 0.3) is 11.3 Å². The Hall–Kier alpha value is -7.41. The Balaban J connectivity index is 0.848. The van der Waals surface area contributed by atoms with Gasteiger partial charge in [0.1, 0.15) is 24.5 Å². The van der Waals surface area contributed by atoms with Crippen LogP contribution in [0.3, 0.4) is 0 Å². The van der Waals surface area contributed by atoms with Gasteiger partial charge in [-0.25, -0.2) is 9.78 Å². The normalized spacial score (nSPS) is 19.4. The van der Waals surface area contributed by atoms with Gasteiger partial charge in [0, 0.05) is 70.8 Å². The minimum Gasteiger partial charge on any atom is -0.445 e. The zero-order chi connectivity index (χ0) is 61.7. The molecule has 470 valence electrons. The highest BCUT2D eigenvalue weighted by molar-refractivity contribution is 5.98. The van der Waals surface area contributed by atoms with Crippen molar-refractivity contribution in [2.45, 2.75) is 166 Å². The van der Waals surface area contributed by atoms with Crippen LogP contribution in [0, 0.1) is 17.8 Å². The van der Waals surface area contributed by atoms with E-state index in [0.29, 0.717) is 68.8 Å². The van der Waals surface area contributed by atoms with E-state index in [1.165, 1.54) is 15.6 Å². The number of H-pyrrole nitrogens is 2. The van der Waals surface area contributed by atoms with Crippen molar-refractivity contribution in [2.24, 2.45) is 23.5 Å². The minimum absolute atomic E-state index is 0.00476. The highest BCUT2D eigenvalue weighted by Crippen LogP contribution is 2.43. The summed E-state index contributed by atoms with van der Waals surface area (Å²) in [6, 6.07) is 15.8. The van der Waals surface area contributed by atoms with Crippen LogP contribution < -0.4 is 37.9 Å². The molecule has 3 aliphatic rings. The van der Waals surface area contributed by atoms with Gasteiger partial charge in [0.25, 0.3) is 5.56 Å². The Bertz CT molecular complexity index is 2900. The van der Waals surface area contributed by atoms with Crippen LogP contribution in [0.2, 0.25) is 0 Å². The molecular formula is C62H91N13O11. The Kier molecular flexibility index (Phi) is 25.3. The average molecular weight is 1190 g/mol. The lowest BCUT2D eigenvalue weighted by molar-refractivity contribution is -0.139. The van der Waals surface area contributed by atoms with Crippen molar-refractivity contribution in [1.82, 2.24) is 55.7 Å². The molecule has 0 spiro atoms. The molecule has 7 rings (SSSR count). The van der Waals surface area contributed by atoms with Crippen LogP contribution >= 0.6 is 0 Å². The van der Waals surface area contributed by atoms with Gasteiger partial charge in [-0.2, -0.15) is 0 Å². The first-order valence-electron chi connectivity index (χ1n) is 30.6. The number of methoxy groups -OCH3 is 2. The second-order valence-corrected chi connectivity index (χ2v) is 23.1. The van der Waals surface area contributed by atoms with E-state index in [9.17, 15) is 38.4 Å². The Labute approximate surface area is 504 Å². The molecule has 10 atom stereocenters. The van der Waals surface area contributed by atoms with Crippen LogP contribution in [-0.2, 0) is 62.7 Å². The number of unbranched alkanes of at least 4 members (excludes halogenated alkanes) is 2. The van der Waals surface area contributed by atoms with Crippen LogP contribution in [0.5, 0.6) is 0 Å². The summed E-state index contributed by atoms with van der Waals surface area (Å²) in [5.74, 6) is -1.92. The molecule has 2 aliphatic heterocycles. The fourth-order valence-electron chi connectivity index (χ4n) is 12.5. The standard InChI is InChI=1S/C62H91N13O11/c1-7-40(2)56(50(84-5)28-33-73-31-15-19-49(73)58(85-6)41(3)59(80)66-36-51-64-35-48(70-51)43-16-10-8-11-17-43)72(4)55(79)38-67-61(82)57-44-23-26-46(34-44)75(57)62(83)86-39-42-21-24-45(25-22-42)69-60(81)47(18-14-29-63)71-53(77)37-65-52(76)20-12-9-13-32-74-54(78)27-30-68-74/h8,10-11,16-17,21-22,24-25,27,30,35,40-41,44,46-47,49-50,56-58,68H,7,9,12-15,18-20,23,26,28-29,31-34,36-39,63H2,1-6H3,(H,64,70)(H,65,76)(H,66,80)(H,67,82)(H,69,81)(H,71,77). The van der Waals surface area contributed by atoms with Crippen LogP contribution in [0.15, 0.2) is 77.9 Å². The number of nitrogens with zero attached hydrogens (tertiary/aromatic N) is 5. The molecule has 2 saturated heterocycles. The van der Waals surface area contributed by atoms with Crippen LogP contribution in [0.4, 0.5) is 10.5 Å². The molecule has 4 aromatic rings. The number of hydrogen-bond donors (Lipinski definition) is 8. The third-order valence-corrected chi connectivity index (χ3v) is 17.4. The predicted molar refractivity (Wildman–Crippen MR) is 324 cm³/mol. The summed E-state index contributed by atoms with van der Waals surface area (Å²) >= 11 is 0. The number of nitrogens with two attached hydrogens (primary N) is 1. The third-order valence-electron chi connectivity index (χ3n) is 17.4. The summed E-state index contributed by atoms with van der Waals surface area (Å²) in [7, 11) is 5.07. The van der Waals surface area contributed by atoms with E-state index in [1.54, 1.807) is 62.8 Å². The summed E-state index contributed by atoms with van der Waals surface area (Å²) in [5.41, 5.74) is 8.59. The molecule has 2 aromatic heterocycles. The molecule has 1 saturated carbocycles. The topological polar surface area (TPSA) is 310 Å². The van der Waals surface area contributed by atoms with Crippen molar-refractivity contribution in [3.63, 3.8) is 0 Å². The van der Waals surface area contributed by atoms with Crippen molar-refractivity contribution >= 4 is 47.2 Å². The number of likely N-dealkylation sites (tertiary alicyclic amines) is 2. The molecular weight excluding hydrogens is 1100 g/mol. The van der Waals surface area contributed by atoms with Gasteiger partial charge in [0.2, 0.25) is 35.4 Å². The van der Waals surface area contributed by atoms with Crippen molar-refractivity contribution in [2.75, 3.05) is 59.3 Å². The molecule has 3 fully saturated rings. The quantitative estimate of drug-likeness (QED) is 0.0301. The summed E-state index contributed by atoms with van der Waals surface area (Å²) in [6.07, 6.45) is 10.4. The fraction of sp³-hybridized carbons (Fsp3) is 0.597. The number of anilines is 1. The van der Waals surface area contributed by atoms with Gasteiger partial charge in [0.05, 0.1) is 55.7 Å². The highest BCUT2D eigenvalue weighted by atomic mass is 16.6. The van der Waals surface area contributed by atoms with Gasteiger partial charge < -0.3 is 61.5 Å². The lowest BCUT2D eigenvalue weighted by Crippen LogP contribution is -2.56. The van der Waals surface area contributed by atoms with Gasteiger partial charge in [-0.05, 0) is 112 Å². The number of rotatable bonds is 34. The smallest absolute Gasteiger partial charge is 0.411 e. The van der Waals surface area contributed by atoms with E-state index >= 15 is 0 Å². The van der Waals surface area contributed by atoms with E-state index in [-0.39, 0.29) is 105 Å². The number of fused-ring (bicyclic) bond motifs is 2. The number of hydrogen-bond acceptors (Lipinski definition) is 14. The van der Waals surface area contributed by atoms with E-state index in [2.05, 4.69) is 60.4 Å². The molecule has 10 unspecified atom stereocenters. The van der Waals surface area contributed by atoms with Gasteiger partial charge in [-0.3, -0.25) is 48.0 Å². The first-order chi connectivity index (χ1) is 41.5. The van der Waals surface area contributed by atoms with E-state index in [1.807, 2.05) is 37.3 Å². The number of aryl methyl sites for hydroxylation is 1. The lowest BCUT2D eigenvalue weighted by Gasteiger charge is -2.39. The number of aromatic nitrogens is 4. The van der Waals surface area contributed by atoms with Gasteiger partial charge in [-0.15, -0.1) is 0 Å². The van der Waals surface area contributed by atoms with E-state index in [4.69, 9.17) is 19.9 Å². The van der Waals surface area contributed by atoms with Crippen LogP contribution in [0.1, 0.15) is 116 Å².